The van der Waals surface area contributed by atoms with E-state index in [-0.39, 0.29) is 35.6 Å². The number of aromatic nitrogens is 3. The molecule has 0 amide bonds. The summed E-state index contributed by atoms with van der Waals surface area (Å²) in [6.07, 6.45) is 0.556. The number of nitriles is 1. The summed E-state index contributed by atoms with van der Waals surface area (Å²) in [5.74, 6) is -0.339. The third-order valence-corrected chi connectivity index (χ3v) is 12.2. The van der Waals surface area contributed by atoms with Gasteiger partial charge in [0, 0.05) is 47.6 Å². The number of nitrogen functional groups attached to an aromatic ring is 2. The predicted octanol–water partition coefficient (Wildman–Crippen LogP) is 4.15. The number of morpholine rings is 1. The van der Waals surface area contributed by atoms with Crippen LogP contribution in [0.4, 0.5) is 35.6 Å². The summed E-state index contributed by atoms with van der Waals surface area (Å²) in [5, 5.41) is 10.3. The van der Waals surface area contributed by atoms with E-state index in [4.69, 9.17) is 20.9 Å². The average molecular weight is 674 g/mol. The van der Waals surface area contributed by atoms with E-state index in [0.717, 1.165) is 36.4 Å². The van der Waals surface area contributed by atoms with Crippen LogP contribution in [0.3, 0.4) is 0 Å². The van der Waals surface area contributed by atoms with Crippen molar-refractivity contribution in [3.8, 4) is 12.1 Å². The minimum atomic E-state index is -2.80. The number of anilines is 4. The van der Waals surface area contributed by atoms with E-state index in [1.165, 1.54) is 22.4 Å². The van der Waals surface area contributed by atoms with Gasteiger partial charge in [-0.05, 0) is 32.4 Å². The summed E-state index contributed by atoms with van der Waals surface area (Å²) in [6.45, 7) is 4.60. The summed E-state index contributed by atoms with van der Waals surface area (Å²) in [7, 11) is 0. The van der Waals surface area contributed by atoms with Crippen LogP contribution < -0.4 is 26.0 Å². The van der Waals surface area contributed by atoms with Crippen LogP contribution in [0.2, 0.25) is 0 Å². The maximum atomic E-state index is 16.7. The maximum absolute atomic E-state index is 16.7. The SMILES string of the molecule is C[C@H](c1cccnc1N)N(CC(F)F)c1nc(OC[C@]23CCCN2CCOC3)nc(N2CC3(C2)SCc2sc(N)c(C#N)c23)c1F. The number of nitrogens with zero attached hydrogens (tertiary/aromatic N) is 7. The van der Waals surface area contributed by atoms with Crippen molar-refractivity contribution in [3.63, 3.8) is 0 Å². The van der Waals surface area contributed by atoms with Crippen molar-refractivity contribution in [2.24, 2.45) is 0 Å². The van der Waals surface area contributed by atoms with Gasteiger partial charge in [-0.3, -0.25) is 4.90 Å². The molecule has 3 aromatic rings. The number of ether oxygens (including phenoxy) is 2. The number of alkyl halides is 2. The first-order valence-electron chi connectivity index (χ1n) is 15.1. The first kappa shape index (κ1) is 31.1. The fourth-order valence-corrected chi connectivity index (χ4v) is 9.99. The Balaban J connectivity index is 1.26. The minimum absolute atomic E-state index is 0.0484. The molecule has 0 saturated carbocycles. The molecule has 46 heavy (non-hydrogen) atoms. The molecule has 4 N–H and O–H groups in total. The Morgan fingerprint density at radius 2 is 2.09 bits per heavy atom. The van der Waals surface area contributed by atoms with Gasteiger partial charge < -0.3 is 30.7 Å². The van der Waals surface area contributed by atoms with Crippen LogP contribution in [0, 0.1) is 17.1 Å². The molecule has 0 bridgehead atoms. The molecule has 2 atom stereocenters. The van der Waals surface area contributed by atoms with E-state index in [2.05, 4.69) is 25.9 Å². The second kappa shape index (κ2) is 11.9. The highest BCUT2D eigenvalue weighted by atomic mass is 32.2. The molecule has 0 aliphatic carbocycles. The monoisotopic (exact) mass is 673 g/mol. The van der Waals surface area contributed by atoms with E-state index in [1.807, 2.05) is 0 Å². The molecule has 0 aromatic carbocycles. The number of thioether (sulfide) groups is 1. The molecular formula is C30H34F3N9O2S2. The van der Waals surface area contributed by atoms with Crippen molar-refractivity contribution in [1.29, 1.82) is 5.26 Å². The second-order valence-electron chi connectivity index (χ2n) is 12.2. The van der Waals surface area contributed by atoms with Gasteiger partial charge in [-0.15, -0.1) is 23.1 Å². The van der Waals surface area contributed by atoms with Crippen LogP contribution >= 0.6 is 23.1 Å². The average Bonchev–Trinajstić information content (AvgIpc) is 3.70. The number of pyridine rings is 1. The number of thiophene rings is 1. The molecule has 0 unspecified atom stereocenters. The Kier molecular flexibility index (Phi) is 8.07. The molecular weight excluding hydrogens is 640 g/mol. The highest BCUT2D eigenvalue weighted by molar-refractivity contribution is 8.00. The lowest BCUT2D eigenvalue weighted by Crippen LogP contribution is -2.57. The van der Waals surface area contributed by atoms with Gasteiger partial charge in [0.05, 0.1) is 41.6 Å². The molecule has 244 valence electrons. The summed E-state index contributed by atoms with van der Waals surface area (Å²) in [6, 6.07) is 4.66. The van der Waals surface area contributed by atoms with Gasteiger partial charge in [0.2, 0.25) is 5.82 Å². The number of nitrogens with two attached hydrogens (primary N) is 2. The van der Waals surface area contributed by atoms with Gasteiger partial charge in [0.25, 0.3) is 6.43 Å². The zero-order valence-electron chi connectivity index (χ0n) is 25.2. The molecule has 4 aliphatic heterocycles. The first-order valence-corrected chi connectivity index (χ1v) is 16.9. The maximum Gasteiger partial charge on any atom is 0.320 e. The standard InChI is InChI=1S/C30H34F3N9O2S2/c1-17(18-4-2-6-37-24(18)35)42(11-21(31)32)27-23(33)26(38-28(39-27)44-16-29-5-3-7-41(29)8-9-43-15-29)40-13-30(14-40)22-19(10-34)25(36)46-20(22)12-45-30/h2,4,6,17,21H,3,5,7-9,11-16,36H2,1H3,(H2,35,37)/t17-,29-/m1/s1. The van der Waals surface area contributed by atoms with Crippen LogP contribution in [-0.2, 0) is 15.2 Å². The Labute approximate surface area is 272 Å². The fraction of sp³-hybridized carbons (Fsp3) is 0.533. The van der Waals surface area contributed by atoms with Crippen molar-refractivity contribution in [2.75, 3.05) is 73.8 Å². The van der Waals surface area contributed by atoms with Crippen molar-refractivity contribution in [2.45, 2.75) is 48.3 Å². The Morgan fingerprint density at radius 1 is 1.26 bits per heavy atom. The minimum Gasteiger partial charge on any atom is -0.461 e. The van der Waals surface area contributed by atoms with Crippen molar-refractivity contribution >= 4 is 45.6 Å². The van der Waals surface area contributed by atoms with Crippen LogP contribution in [0.1, 0.15) is 47.4 Å². The highest BCUT2D eigenvalue weighted by Gasteiger charge is 2.53. The summed E-state index contributed by atoms with van der Waals surface area (Å²) >= 11 is 3.10. The van der Waals surface area contributed by atoms with Crippen LogP contribution in [0.25, 0.3) is 0 Å². The second-order valence-corrected chi connectivity index (χ2v) is 14.7. The zero-order chi connectivity index (χ0) is 32.2. The highest BCUT2D eigenvalue weighted by Crippen LogP contribution is 2.58. The van der Waals surface area contributed by atoms with Gasteiger partial charge in [0.1, 0.15) is 23.5 Å². The van der Waals surface area contributed by atoms with E-state index in [9.17, 15) is 14.0 Å². The lowest BCUT2D eigenvalue weighted by Gasteiger charge is -2.48. The molecule has 7 heterocycles. The third kappa shape index (κ3) is 5.17. The number of hydrogen-bond acceptors (Lipinski definition) is 13. The first-order chi connectivity index (χ1) is 22.1. The molecule has 4 aliphatic rings. The normalized spacial score (nSPS) is 22.4. The summed E-state index contributed by atoms with van der Waals surface area (Å²) in [4.78, 5) is 19.4. The lowest BCUT2D eigenvalue weighted by atomic mass is 9.88. The van der Waals surface area contributed by atoms with E-state index in [0.29, 0.717) is 48.2 Å². The van der Waals surface area contributed by atoms with Crippen molar-refractivity contribution in [3.05, 3.63) is 45.7 Å². The molecule has 0 radical (unpaired) electrons. The topological polar surface area (TPSA) is 143 Å². The van der Waals surface area contributed by atoms with Gasteiger partial charge >= 0.3 is 6.01 Å². The van der Waals surface area contributed by atoms with Gasteiger partial charge in [0.15, 0.2) is 11.6 Å². The van der Waals surface area contributed by atoms with E-state index < -0.39 is 29.6 Å². The Bertz CT molecular complexity index is 1680. The number of rotatable bonds is 9. The van der Waals surface area contributed by atoms with Gasteiger partial charge in [-0.25, -0.2) is 13.8 Å². The fourth-order valence-electron chi connectivity index (χ4n) is 7.18. The van der Waals surface area contributed by atoms with Gasteiger partial charge in [-0.2, -0.15) is 19.6 Å². The van der Waals surface area contributed by atoms with Crippen LogP contribution in [-0.4, -0.2) is 84.4 Å². The molecule has 1 spiro atoms. The van der Waals surface area contributed by atoms with Crippen molar-refractivity contribution < 1.29 is 22.6 Å². The lowest BCUT2D eigenvalue weighted by molar-refractivity contribution is -0.0665. The zero-order valence-corrected chi connectivity index (χ0v) is 26.9. The van der Waals surface area contributed by atoms with E-state index >= 15 is 4.39 Å². The van der Waals surface area contributed by atoms with Crippen LogP contribution in [0.5, 0.6) is 6.01 Å². The van der Waals surface area contributed by atoms with E-state index in [1.54, 1.807) is 35.7 Å². The Hall–Kier alpha value is -3.52. The molecule has 3 aromatic heterocycles. The number of fused-ring (bicyclic) bond motifs is 3. The molecule has 11 nitrogen and oxygen atoms in total. The molecule has 3 saturated heterocycles. The molecule has 3 fully saturated rings. The molecule has 16 heteroatoms. The smallest absolute Gasteiger partial charge is 0.320 e. The quantitative estimate of drug-likeness (QED) is 0.337. The Morgan fingerprint density at radius 3 is 2.85 bits per heavy atom. The van der Waals surface area contributed by atoms with Gasteiger partial charge in [-0.1, -0.05) is 6.07 Å². The number of hydrogen-bond donors (Lipinski definition) is 2. The number of halogens is 3. The largest absolute Gasteiger partial charge is 0.461 e. The third-order valence-electron chi connectivity index (χ3n) is 9.53. The summed E-state index contributed by atoms with van der Waals surface area (Å²) in [5.41, 5.74) is 13.7. The predicted molar refractivity (Wildman–Crippen MR) is 171 cm³/mol. The summed E-state index contributed by atoms with van der Waals surface area (Å²) < 4.78 is 56.5. The molecule has 7 rings (SSSR count). The van der Waals surface area contributed by atoms with Crippen molar-refractivity contribution in [1.82, 2.24) is 19.9 Å². The van der Waals surface area contributed by atoms with Crippen LogP contribution in [0.15, 0.2) is 18.3 Å².